The highest BCUT2D eigenvalue weighted by atomic mass is 28.4. The monoisotopic (exact) mass is 320 g/mol. The van der Waals surface area contributed by atoms with Crippen molar-refractivity contribution in [3.63, 3.8) is 0 Å². The Hall–Kier alpha value is 0.0169. The van der Waals surface area contributed by atoms with Gasteiger partial charge in [-0.15, -0.1) is 0 Å². The van der Waals surface area contributed by atoms with Crippen LogP contribution >= 0.6 is 0 Å². The van der Waals surface area contributed by atoms with E-state index in [1.807, 2.05) is 0 Å². The zero-order chi connectivity index (χ0) is 16.3. The fourth-order valence-electron chi connectivity index (χ4n) is 2.43. The Balaban J connectivity index is 5.28. The molecule has 0 bridgehead atoms. The van der Waals surface area contributed by atoms with Crippen molar-refractivity contribution in [2.75, 3.05) is 33.4 Å². The van der Waals surface area contributed by atoms with Crippen molar-refractivity contribution in [3.8, 4) is 0 Å². The molecule has 0 spiro atoms. The van der Waals surface area contributed by atoms with Crippen LogP contribution in [0.2, 0.25) is 5.54 Å². The van der Waals surface area contributed by atoms with Crippen LogP contribution in [0.3, 0.4) is 0 Å². The minimum Gasteiger partial charge on any atom is -0.377 e. The lowest BCUT2D eigenvalue weighted by Crippen LogP contribution is -2.53. The van der Waals surface area contributed by atoms with Crippen molar-refractivity contribution in [3.05, 3.63) is 0 Å². The molecule has 0 aromatic rings. The highest BCUT2D eigenvalue weighted by molar-refractivity contribution is 6.62. The molecule has 0 radical (unpaired) electrons. The summed E-state index contributed by atoms with van der Waals surface area (Å²) in [5.74, 6) is 0.695. The number of hydrogen-bond acceptors (Lipinski definition) is 5. The highest BCUT2D eigenvalue weighted by Crippen LogP contribution is 2.37. The van der Waals surface area contributed by atoms with Crippen LogP contribution in [0.5, 0.6) is 0 Å². The minimum absolute atomic E-state index is 0.198. The molecule has 0 aliphatic heterocycles. The predicted octanol–water partition coefficient (Wildman–Crippen LogP) is 2.37. The topological polar surface area (TPSA) is 79.7 Å². The van der Waals surface area contributed by atoms with Crippen LogP contribution < -0.4 is 11.5 Å². The first kappa shape index (κ1) is 21.0. The Morgan fingerprint density at radius 3 is 1.81 bits per heavy atom. The molecule has 128 valence electrons. The van der Waals surface area contributed by atoms with Gasteiger partial charge in [-0.1, -0.05) is 27.7 Å². The highest BCUT2D eigenvalue weighted by Gasteiger charge is 2.50. The van der Waals surface area contributed by atoms with Gasteiger partial charge in [0, 0.05) is 25.9 Å². The van der Waals surface area contributed by atoms with E-state index in [1.165, 1.54) is 0 Å². The third-order valence-electron chi connectivity index (χ3n) is 3.87. The molecule has 5 nitrogen and oxygen atoms in total. The molecule has 0 aromatic heterocycles. The van der Waals surface area contributed by atoms with Crippen molar-refractivity contribution in [2.24, 2.45) is 23.3 Å². The van der Waals surface area contributed by atoms with Gasteiger partial charge in [-0.25, -0.2) is 0 Å². The van der Waals surface area contributed by atoms with Gasteiger partial charge in [0.1, 0.15) is 0 Å². The fourth-order valence-corrected chi connectivity index (χ4v) is 5.98. The van der Waals surface area contributed by atoms with Gasteiger partial charge in [-0.05, 0) is 44.2 Å². The summed E-state index contributed by atoms with van der Waals surface area (Å²) in [7, 11) is -1.03. The molecule has 0 saturated carbocycles. The molecule has 0 rings (SSSR count). The summed E-state index contributed by atoms with van der Waals surface area (Å²) >= 11 is 0. The van der Waals surface area contributed by atoms with Crippen LogP contribution in [-0.4, -0.2) is 42.2 Å². The van der Waals surface area contributed by atoms with Crippen LogP contribution in [0.15, 0.2) is 0 Å². The smallest absolute Gasteiger partial charge is 0.377 e. The maximum atomic E-state index is 6.16. The summed E-state index contributed by atoms with van der Waals surface area (Å²) in [5.41, 5.74) is 11.9. The normalized spacial score (nSPS) is 16.7. The summed E-state index contributed by atoms with van der Waals surface area (Å²) in [6.45, 7) is 11.1. The van der Waals surface area contributed by atoms with Gasteiger partial charge >= 0.3 is 8.80 Å². The third kappa shape index (κ3) is 6.75. The van der Waals surface area contributed by atoms with Gasteiger partial charge in [-0.3, -0.25) is 0 Å². The van der Waals surface area contributed by atoms with E-state index < -0.39 is 8.80 Å². The van der Waals surface area contributed by atoms with Crippen LogP contribution in [-0.2, 0) is 13.3 Å². The first-order chi connectivity index (χ1) is 10.0. The average Bonchev–Trinajstić information content (AvgIpc) is 2.52. The van der Waals surface area contributed by atoms with Crippen molar-refractivity contribution in [2.45, 2.75) is 52.5 Å². The van der Waals surface area contributed by atoms with Gasteiger partial charge in [0.25, 0.3) is 0 Å². The molecular weight excluding hydrogens is 284 g/mol. The van der Waals surface area contributed by atoms with E-state index in [-0.39, 0.29) is 5.54 Å². The summed E-state index contributed by atoms with van der Waals surface area (Å²) in [6, 6.07) is 0. The maximum Gasteiger partial charge on any atom is 0.504 e. The summed E-state index contributed by atoms with van der Waals surface area (Å²) in [6.07, 6.45) is 2.83. The average molecular weight is 321 g/mol. The van der Waals surface area contributed by atoms with E-state index in [4.69, 9.17) is 24.7 Å². The van der Waals surface area contributed by atoms with Crippen molar-refractivity contribution in [1.82, 2.24) is 0 Å². The van der Waals surface area contributed by atoms with E-state index in [9.17, 15) is 0 Å². The summed E-state index contributed by atoms with van der Waals surface area (Å²) in [5, 5.41) is 0. The molecule has 0 saturated heterocycles. The van der Waals surface area contributed by atoms with Crippen LogP contribution in [0.25, 0.3) is 0 Å². The Labute approximate surface area is 132 Å². The molecule has 3 unspecified atom stereocenters. The number of rotatable bonds is 13. The van der Waals surface area contributed by atoms with E-state index in [0.29, 0.717) is 38.1 Å². The molecule has 0 heterocycles. The van der Waals surface area contributed by atoms with Gasteiger partial charge in [0.05, 0.1) is 0 Å². The van der Waals surface area contributed by atoms with Gasteiger partial charge < -0.3 is 24.7 Å². The Morgan fingerprint density at radius 2 is 1.48 bits per heavy atom. The zero-order valence-corrected chi connectivity index (χ0v) is 15.6. The van der Waals surface area contributed by atoms with E-state index in [2.05, 4.69) is 27.7 Å². The summed E-state index contributed by atoms with van der Waals surface area (Å²) < 4.78 is 18.2. The predicted molar refractivity (Wildman–Crippen MR) is 90.1 cm³/mol. The molecule has 0 amide bonds. The molecule has 0 fully saturated rings. The second-order valence-corrected chi connectivity index (χ2v) is 8.83. The van der Waals surface area contributed by atoms with Crippen molar-refractivity contribution in [1.29, 1.82) is 0 Å². The summed E-state index contributed by atoms with van der Waals surface area (Å²) in [4.78, 5) is 0. The molecule has 0 aliphatic rings. The SMILES string of the molecule is CCCO[Si](OC)(OCCC)C(CC(C)CN)C(C)CN. The molecule has 4 N–H and O–H groups in total. The zero-order valence-electron chi connectivity index (χ0n) is 14.6. The largest absolute Gasteiger partial charge is 0.504 e. The molecule has 0 aromatic carbocycles. The van der Waals surface area contributed by atoms with Gasteiger partial charge in [0.15, 0.2) is 0 Å². The van der Waals surface area contributed by atoms with Gasteiger partial charge in [-0.2, -0.15) is 0 Å². The minimum atomic E-state index is -2.74. The first-order valence-corrected chi connectivity index (χ1v) is 10.0. The molecule has 21 heavy (non-hydrogen) atoms. The maximum absolute atomic E-state index is 6.16. The Morgan fingerprint density at radius 1 is 0.952 bits per heavy atom. The Bertz CT molecular complexity index is 249. The second-order valence-electron chi connectivity index (χ2n) is 5.90. The lowest BCUT2D eigenvalue weighted by molar-refractivity contribution is 0.0575. The number of nitrogens with two attached hydrogens (primary N) is 2. The fraction of sp³-hybridized carbons (Fsp3) is 1.00. The van der Waals surface area contributed by atoms with Crippen molar-refractivity contribution < 1.29 is 13.3 Å². The van der Waals surface area contributed by atoms with Crippen LogP contribution in [0.1, 0.15) is 47.0 Å². The second kappa shape index (κ2) is 11.6. The van der Waals surface area contributed by atoms with Crippen LogP contribution in [0.4, 0.5) is 0 Å². The van der Waals surface area contributed by atoms with E-state index in [1.54, 1.807) is 7.11 Å². The van der Waals surface area contributed by atoms with E-state index in [0.717, 1.165) is 19.3 Å². The standard InChI is InChI=1S/C15H36N2O3Si/c1-6-8-19-21(18-5,20-9-7-2)15(14(4)12-17)10-13(3)11-16/h13-15H,6-12,16-17H2,1-5H3. The van der Waals surface area contributed by atoms with Gasteiger partial charge in [0.2, 0.25) is 0 Å². The molecule has 3 atom stereocenters. The van der Waals surface area contributed by atoms with E-state index >= 15 is 0 Å². The van der Waals surface area contributed by atoms with Crippen molar-refractivity contribution >= 4 is 8.80 Å². The Kier molecular flexibility index (Phi) is 11.6. The molecule has 0 aliphatic carbocycles. The molecule has 6 heteroatoms. The lowest BCUT2D eigenvalue weighted by atomic mass is 9.97. The van der Waals surface area contributed by atoms with Crippen LogP contribution in [0, 0.1) is 11.8 Å². The third-order valence-corrected chi connectivity index (χ3v) is 7.37. The number of hydrogen-bond donors (Lipinski definition) is 2. The first-order valence-electron chi connectivity index (χ1n) is 8.24. The lowest BCUT2D eigenvalue weighted by Gasteiger charge is -2.38. The molecular formula is C15H36N2O3Si. The quantitative estimate of drug-likeness (QED) is 0.509.